The van der Waals surface area contributed by atoms with Crippen LogP contribution < -0.4 is 0 Å². The number of thiazole rings is 1. The van der Waals surface area contributed by atoms with E-state index in [1.54, 1.807) is 17.3 Å². The number of amides is 1. The normalized spacial score (nSPS) is 16.7. The summed E-state index contributed by atoms with van der Waals surface area (Å²) in [6.45, 7) is 2.31. The lowest BCUT2D eigenvalue weighted by Gasteiger charge is -2.33. The van der Waals surface area contributed by atoms with Crippen molar-refractivity contribution in [3.05, 3.63) is 56.8 Å². The molecule has 1 atom stereocenters. The van der Waals surface area contributed by atoms with Crippen molar-refractivity contribution < 1.29 is 9.18 Å². The number of hydrogen-bond donors (Lipinski definition) is 1. The highest BCUT2D eigenvalue weighted by Crippen LogP contribution is 2.38. The molecule has 27 heavy (non-hydrogen) atoms. The highest BCUT2D eigenvalue weighted by molar-refractivity contribution is 7.18. The number of fused-ring (bicyclic) bond motifs is 2. The maximum Gasteiger partial charge on any atom is 0.285 e. The maximum atomic E-state index is 14.2. The van der Waals surface area contributed by atoms with Gasteiger partial charge in [-0.3, -0.25) is 4.79 Å². The quantitative estimate of drug-likeness (QED) is 0.559. The number of nitrogens with zero attached hydrogens (tertiary/aromatic N) is 5. The second-order valence-corrected chi connectivity index (χ2v) is 8.43. The summed E-state index contributed by atoms with van der Waals surface area (Å²) in [6.07, 6.45) is 2.28. The predicted molar refractivity (Wildman–Crippen MR) is 99.4 cm³/mol. The average Bonchev–Trinajstić information content (AvgIpc) is 3.39. The van der Waals surface area contributed by atoms with Gasteiger partial charge in [0.2, 0.25) is 5.01 Å². The minimum absolute atomic E-state index is 0.209. The van der Waals surface area contributed by atoms with Crippen LogP contribution in [0.5, 0.6) is 0 Å². The number of benzene rings is 1. The second-order valence-electron chi connectivity index (χ2n) is 6.18. The van der Waals surface area contributed by atoms with Gasteiger partial charge in [0.1, 0.15) is 27.4 Å². The van der Waals surface area contributed by atoms with Gasteiger partial charge >= 0.3 is 0 Å². The van der Waals surface area contributed by atoms with Gasteiger partial charge in [-0.05, 0) is 19.1 Å². The molecule has 10 heteroatoms. The fraction of sp³-hybridized carbons (Fsp3) is 0.235. The zero-order chi connectivity index (χ0) is 18.5. The van der Waals surface area contributed by atoms with E-state index in [-0.39, 0.29) is 11.7 Å². The van der Waals surface area contributed by atoms with E-state index < -0.39 is 6.04 Å². The molecule has 0 aliphatic carbocycles. The van der Waals surface area contributed by atoms with Gasteiger partial charge in [-0.1, -0.05) is 17.4 Å². The monoisotopic (exact) mass is 400 g/mol. The van der Waals surface area contributed by atoms with Crippen LogP contribution in [0.15, 0.2) is 24.5 Å². The molecule has 0 radical (unpaired) electrons. The minimum atomic E-state index is -0.478. The first kappa shape index (κ1) is 16.5. The molecule has 4 heterocycles. The lowest BCUT2D eigenvalue weighted by molar-refractivity contribution is 0.0689. The Morgan fingerprint density at radius 1 is 1.33 bits per heavy atom. The molecule has 0 spiro atoms. The minimum Gasteiger partial charge on any atom is -0.348 e. The van der Waals surface area contributed by atoms with Gasteiger partial charge in [0.05, 0.1) is 16.7 Å². The summed E-state index contributed by atoms with van der Waals surface area (Å²) in [5.41, 5.74) is 2.03. The van der Waals surface area contributed by atoms with Gasteiger partial charge in [-0.2, -0.15) is 0 Å². The third kappa shape index (κ3) is 2.63. The molecule has 3 aromatic heterocycles. The number of carbonyl (C=O) groups excluding carboxylic acids is 1. The van der Waals surface area contributed by atoms with Crippen molar-refractivity contribution in [2.75, 3.05) is 6.54 Å². The number of carbonyl (C=O) groups is 1. The van der Waals surface area contributed by atoms with Gasteiger partial charge in [0.25, 0.3) is 5.91 Å². The standard InChI is InChI=1S/C17H13FN6OS2/c1-8-22-23-16(26-8)17(25)24-6-5-10-13(20-7-19-10)14(24)15-21-12-9(18)3-2-4-11(12)27-15/h2-4,7,14H,5-6H2,1H3,(H,19,20)/t14-/m0/s1. The number of rotatable bonds is 2. The average molecular weight is 400 g/mol. The van der Waals surface area contributed by atoms with Gasteiger partial charge in [-0.25, -0.2) is 14.4 Å². The third-order valence-corrected chi connectivity index (χ3v) is 6.41. The molecule has 0 unspecified atom stereocenters. The van der Waals surface area contributed by atoms with Crippen molar-refractivity contribution in [3.63, 3.8) is 0 Å². The number of halogens is 1. The van der Waals surface area contributed by atoms with E-state index in [0.717, 1.165) is 21.1 Å². The number of H-pyrrole nitrogens is 1. The Balaban J connectivity index is 1.64. The van der Waals surface area contributed by atoms with Crippen molar-refractivity contribution in [2.45, 2.75) is 19.4 Å². The summed E-state index contributed by atoms with van der Waals surface area (Å²) in [5.74, 6) is -0.579. The Labute approximate surface area is 160 Å². The lowest BCUT2D eigenvalue weighted by Crippen LogP contribution is -2.40. The van der Waals surface area contributed by atoms with Crippen LogP contribution in [-0.2, 0) is 6.42 Å². The van der Waals surface area contributed by atoms with Crippen LogP contribution in [0.2, 0.25) is 0 Å². The largest absolute Gasteiger partial charge is 0.348 e. The van der Waals surface area contributed by atoms with Gasteiger partial charge in [0.15, 0.2) is 0 Å². The number of aromatic nitrogens is 5. The zero-order valence-electron chi connectivity index (χ0n) is 14.1. The molecular formula is C17H13FN6OS2. The molecule has 1 aromatic carbocycles. The number of aromatic amines is 1. The molecule has 1 amide bonds. The molecule has 1 N–H and O–H groups in total. The highest BCUT2D eigenvalue weighted by Gasteiger charge is 2.37. The Morgan fingerprint density at radius 2 is 2.22 bits per heavy atom. The van der Waals surface area contributed by atoms with E-state index >= 15 is 0 Å². The van der Waals surface area contributed by atoms with E-state index in [2.05, 4.69) is 25.1 Å². The topological polar surface area (TPSA) is 87.7 Å². The summed E-state index contributed by atoms with van der Waals surface area (Å²) in [7, 11) is 0. The molecule has 0 fully saturated rings. The van der Waals surface area contributed by atoms with E-state index in [1.165, 1.54) is 28.7 Å². The molecule has 0 bridgehead atoms. The van der Waals surface area contributed by atoms with Crippen LogP contribution in [0.3, 0.4) is 0 Å². The summed E-state index contributed by atoms with van der Waals surface area (Å²) in [4.78, 5) is 26.9. The second kappa shape index (κ2) is 6.17. The summed E-state index contributed by atoms with van der Waals surface area (Å²) < 4.78 is 14.9. The smallest absolute Gasteiger partial charge is 0.285 e. The molecule has 5 rings (SSSR count). The fourth-order valence-corrected chi connectivity index (χ4v) is 5.05. The molecule has 4 aromatic rings. The van der Waals surface area contributed by atoms with Crippen molar-refractivity contribution in [2.24, 2.45) is 0 Å². The van der Waals surface area contributed by atoms with Crippen LogP contribution in [0, 0.1) is 12.7 Å². The van der Waals surface area contributed by atoms with Crippen molar-refractivity contribution in [1.82, 2.24) is 30.0 Å². The molecule has 136 valence electrons. The summed E-state index contributed by atoms with van der Waals surface area (Å²) in [6, 6.07) is 4.40. The molecular weight excluding hydrogens is 387 g/mol. The Morgan fingerprint density at radius 3 is 3.00 bits per heavy atom. The molecule has 7 nitrogen and oxygen atoms in total. The molecule has 0 saturated carbocycles. The molecule has 1 aliphatic rings. The SMILES string of the molecule is Cc1nnc(C(=O)N2CCc3[nH]cnc3[C@H]2c2nc3c(F)cccc3s2)s1. The van der Waals surface area contributed by atoms with Crippen LogP contribution in [-0.4, -0.2) is 42.5 Å². The molecule has 1 aliphatic heterocycles. The number of nitrogens with one attached hydrogen (secondary N) is 1. The van der Waals surface area contributed by atoms with Crippen LogP contribution in [0.4, 0.5) is 4.39 Å². The van der Waals surface area contributed by atoms with Crippen molar-refractivity contribution >= 4 is 38.8 Å². The Hall–Kier alpha value is -2.72. The first-order chi connectivity index (χ1) is 13.1. The first-order valence-electron chi connectivity index (χ1n) is 8.30. The number of aryl methyl sites for hydroxylation is 1. The number of para-hydroxylation sites is 1. The van der Waals surface area contributed by atoms with Crippen molar-refractivity contribution in [1.29, 1.82) is 0 Å². The van der Waals surface area contributed by atoms with E-state index in [4.69, 9.17) is 0 Å². The Bertz CT molecular complexity index is 1170. The summed E-state index contributed by atoms with van der Waals surface area (Å²) >= 11 is 2.63. The van der Waals surface area contributed by atoms with Crippen LogP contribution in [0.25, 0.3) is 10.2 Å². The number of imidazole rings is 1. The van der Waals surface area contributed by atoms with E-state index in [0.29, 0.717) is 28.5 Å². The van der Waals surface area contributed by atoms with Gasteiger partial charge < -0.3 is 9.88 Å². The van der Waals surface area contributed by atoms with E-state index in [1.807, 2.05) is 13.0 Å². The van der Waals surface area contributed by atoms with E-state index in [9.17, 15) is 9.18 Å². The summed E-state index contributed by atoms with van der Waals surface area (Å²) in [5, 5.41) is 9.64. The zero-order valence-corrected chi connectivity index (χ0v) is 15.8. The predicted octanol–water partition coefficient (Wildman–Crippen LogP) is 3.11. The number of hydrogen-bond acceptors (Lipinski definition) is 7. The lowest BCUT2D eigenvalue weighted by atomic mass is 10.0. The van der Waals surface area contributed by atoms with Crippen LogP contribution in [0.1, 0.15) is 37.2 Å². The Kier molecular flexibility index (Phi) is 3.76. The first-order valence-corrected chi connectivity index (χ1v) is 9.93. The maximum absolute atomic E-state index is 14.2. The van der Waals surface area contributed by atoms with Gasteiger partial charge in [-0.15, -0.1) is 21.5 Å². The highest BCUT2D eigenvalue weighted by atomic mass is 32.1. The third-order valence-electron chi connectivity index (χ3n) is 4.52. The molecule has 0 saturated heterocycles. The van der Waals surface area contributed by atoms with Crippen molar-refractivity contribution in [3.8, 4) is 0 Å². The van der Waals surface area contributed by atoms with Crippen LogP contribution >= 0.6 is 22.7 Å². The fourth-order valence-electron chi connectivity index (χ4n) is 3.30. The van der Waals surface area contributed by atoms with Gasteiger partial charge in [0, 0.05) is 18.7 Å².